The molecule has 2 N–H and O–H groups in total. The van der Waals surface area contributed by atoms with Crippen LogP contribution in [0, 0.1) is 0 Å². The number of nitrogens with two attached hydrogens (primary N) is 1. The van der Waals surface area contributed by atoms with E-state index >= 15 is 0 Å². The Morgan fingerprint density at radius 2 is 2.09 bits per heavy atom. The Balaban J connectivity index is 3.46. The molecular formula is C7H15NO3. The summed E-state index contributed by atoms with van der Waals surface area (Å²) < 4.78 is 9.63. The topological polar surface area (TPSA) is 61.5 Å². The highest BCUT2D eigenvalue weighted by molar-refractivity contribution is 5.74. The number of methoxy groups -OCH3 is 1. The van der Waals surface area contributed by atoms with Gasteiger partial charge in [-0.2, -0.15) is 0 Å². The molecule has 0 aliphatic carbocycles. The lowest BCUT2D eigenvalue weighted by atomic mass is 10.4. The largest absolute Gasteiger partial charge is 0.462 e. The number of hydrogen-bond donors (Lipinski definition) is 1. The number of carbonyl (C=O) groups is 1. The molecule has 0 radical (unpaired) electrons. The molecule has 0 aromatic heterocycles. The molecule has 0 fully saturated rings. The van der Waals surface area contributed by atoms with Crippen LogP contribution >= 0.6 is 0 Å². The first-order valence-electron chi connectivity index (χ1n) is 3.53. The lowest BCUT2D eigenvalue weighted by Gasteiger charge is -2.11. The second-order valence-corrected chi connectivity index (χ2v) is 2.47. The third-order valence-electron chi connectivity index (χ3n) is 1.23. The van der Waals surface area contributed by atoms with E-state index in [0.717, 1.165) is 0 Å². The van der Waals surface area contributed by atoms with Crippen molar-refractivity contribution >= 4 is 5.97 Å². The van der Waals surface area contributed by atoms with Gasteiger partial charge in [0.1, 0.15) is 12.6 Å². The van der Waals surface area contributed by atoms with Gasteiger partial charge in [-0.3, -0.25) is 4.79 Å². The van der Waals surface area contributed by atoms with Crippen LogP contribution in [0.2, 0.25) is 0 Å². The average molecular weight is 161 g/mol. The molecule has 0 aliphatic rings. The SMILES string of the molecule is CO[C@@H](C)COC(=O)[C@@H](C)N. The van der Waals surface area contributed by atoms with E-state index < -0.39 is 12.0 Å². The Morgan fingerprint density at radius 1 is 1.55 bits per heavy atom. The normalized spacial score (nSPS) is 15.6. The fourth-order valence-electron chi connectivity index (χ4n) is 0.399. The summed E-state index contributed by atoms with van der Waals surface area (Å²) in [7, 11) is 1.56. The fourth-order valence-corrected chi connectivity index (χ4v) is 0.399. The van der Waals surface area contributed by atoms with Gasteiger partial charge in [0.25, 0.3) is 0 Å². The van der Waals surface area contributed by atoms with Crippen LogP contribution in [0.4, 0.5) is 0 Å². The zero-order chi connectivity index (χ0) is 8.85. The van der Waals surface area contributed by atoms with Gasteiger partial charge in [-0.1, -0.05) is 0 Å². The quantitative estimate of drug-likeness (QED) is 0.585. The van der Waals surface area contributed by atoms with E-state index in [1.165, 1.54) is 0 Å². The molecule has 4 nitrogen and oxygen atoms in total. The van der Waals surface area contributed by atoms with Crippen molar-refractivity contribution in [2.75, 3.05) is 13.7 Å². The van der Waals surface area contributed by atoms with E-state index in [-0.39, 0.29) is 12.7 Å². The van der Waals surface area contributed by atoms with Crippen LogP contribution in [0.1, 0.15) is 13.8 Å². The summed E-state index contributed by atoms with van der Waals surface area (Å²) in [5.41, 5.74) is 5.25. The first-order valence-corrected chi connectivity index (χ1v) is 3.53. The monoisotopic (exact) mass is 161 g/mol. The molecule has 66 valence electrons. The highest BCUT2D eigenvalue weighted by atomic mass is 16.6. The molecule has 0 bridgehead atoms. The van der Waals surface area contributed by atoms with Gasteiger partial charge in [0.05, 0.1) is 6.10 Å². The van der Waals surface area contributed by atoms with Gasteiger partial charge in [0.2, 0.25) is 0 Å². The van der Waals surface area contributed by atoms with E-state index in [4.69, 9.17) is 15.2 Å². The molecule has 0 heterocycles. The van der Waals surface area contributed by atoms with Gasteiger partial charge in [-0.15, -0.1) is 0 Å². The Kier molecular flexibility index (Phi) is 4.81. The Labute approximate surface area is 66.7 Å². The second kappa shape index (κ2) is 5.09. The van der Waals surface area contributed by atoms with Crippen molar-refractivity contribution in [2.45, 2.75) is 26.0 Å². The van der Waals surface area contributed by atoms with Crippen LogP contribution in [0.3, 0.4) is 0 Å². The summed E-state index contributed by atoms with van der Waals surface area (Å²) in [4.78, 5) is 10.8. The number of esters is 1. The molecule has 0 saturated carbocycles. The van der Waals surface area contributed by atoms with Crippen LogP contribution in [-0.4, -0.2) is 31.8 Å². The number of ether oxygens (including phenoxy) is 2. The molecule has 0 spiro atoms. The third-order valence-corrected chi connectivity index (χ3v) is 1.23. The molecule has 0 rings (SSSR count). The van der Waals surface area contributed by atoms with E-state index in [9.17, 15) is 4.79 Å². The molecule has 0 unspecified atom stereocenters. The van der Waals surface area contributed by atoms with Gasteiger partial charge in [-0.05, 0) is 13.8 Å². The first kappa shape index (κ1) is 10.4. The third kappa shape index (κ3) is 4.75. The van der Waals surface area contributed by atoms with Crippen molar-refractivity contribution in [3.05, 3.63) is 0 Å². The van der Waals surface area contributed by atoms with Crippen molar-refractivity contribution < 1.29 is 14.3 Å². The second-order valence-electron chi connectivity index (χ2n) is 2.47. The summed E-state index contributed by atoms with van der Waals surface area (Å²) in [6.45, 7) is 3.66. The predicted octanol–water partition coefficient (Wildman–Crippen LogP) is -0.0883. The predicted molar refractivity (Wildman–Crippen MR) is 41.1 cm³/mol. The summed E-state index contributed by atoms with van der Waals surface area (Å²) >= 11 is 0. The fraction of sp³-hybridized carbons (Fsp3) is 0.857. The van der Waals surface area contributed by atoms with Crippen molar-refractivity contribution in [2.24, 2.45) is 5.73 Å². The maximum Gasteiger partial charge on any atom is 0.322 e. The molecule has 2 atom stereocenters. The minimum Gasteiger partial charge on any atom is -0.462 e. The molecule has 0 amide bonds. The summed E-state index contributed by atoms with van der Waals surface area (Å²) in [5.74, 6) is -0.395. The lowest BCUT2D eigenvalue weighted by Crippen LogP contribution is -2.31. The van der Waals surface area contributed by atoms with Crippen molar-refractivity contribution in [3.63, 3.8) is 0 Å². The van der Waals surface area contributed by atoms with Crippen LogP contribution in [0.5, 0.6) is 0 Å². The Bertz CT molecular complexity index is 125. The van der Waals surface area contributed by atoms with Gasteiger partial charge >= 0.3 is 5.97 Å². The lowest BCUT2D eigenvalue weighted by molar-refractivity contribution is -0.147. The van der Waals surface area contributed by atoms with Gasteiger partial charge in [0, 0.05) is 7.11 Å². The van der Waals surface area contributed by atoms with Crippen molar-refractivity contribution in [3.8, 4) is 0 Å². The smallest absolute Gasteiger partial charge is 0.322 e. The molecule has 0 aromatic carbocycles. The molecule has 0 saturated heterocycles. The van der Waals surface area contributed by atoms with Gasteiger partial charge in [0.15, 0.2) is 0 Å². The Morgan fingerprint density at radius 3 is 2.45 bits per heavy atom. The maximum absolute atomic E-state index is 10.8. The van der Waals surface area contributed by atoms with E-state index in [1.54, 1.807) is 14.0 Å². The summed E-state index contributed by atoms with van der Waals surface area (Å²) in [5, 5.41) is 0. The number of carbonyl (C=O) groups excluding carboxylic acids is 1. The van der Waals surface area contributed by atoms with Crippen LogP contribution in [-0.2, 0) is 14.3 Å². The van der Waals surface area contributed by atoms with Gasteiger partial charge in [-0.25, -0.2) is 0 Å². The zero-order valence-electron chi connectivity index (χ0n) is 7.16. The summed E-state index contributed by atoms with van der Waals surface area (Å²) in [6, 6.07) is -0.556. The van der Waals surface area contributed by atoms with E-state index in [0.29, 0.717) is 0 Å². The molecule has 0 aliphatic heterocycles. The van der Waals surface area contributed by atoms with E-state index in [1.807, 2.05) is 6.92 Å². The highest BCUT2D eigenvalue weighted by Gasteiger charge is 2.09. The molecular weight excluding hydrogens is 146 g/mol. The first-order chi connectivity index (χ1) is 5.07. The van der Waals surface area contributed by atoms with Gasteiger partial charge < -0.3 is 15.2 Å². The molecule has 11 heavy (non-hydrogen) atoms. The van der Waals surface area contributed by atoms with Crippen molar-refractivity contribution in [1.29, 1.82) is 0 Å². The molecule has 4 heteroatoms. The van der Waals surface area contributed by atoms with Crippen LogP contribution < -0.4 is 5.73 Å². The number of rotatable bonds is 4. The average Bonchev–Trinajstić information content (AvgIpc) is 1.99. The number of hydrogen-bond acceptors (Lipinski definition) is 4. The van der Waals surface area contributed by atoms with Crippen molar-refractivity contribution in [1.82, 2.24) is 0 Å². The zero-order valence-corrected chi connectivity index (χ0v) is 7.16. The van der Waals surface area contributed by atoms with Crippen LogP contribution in [0.15, 0.2) is 0 Å². The summed E-state index contributed by atoms with van der Waals surface area (Å²) in [6.07, 6.45) is -0.0716. The highest BCUT2D eigenvalue weighted by Crippen LogP contribution is 1.91. The molecule has 0 aromatic rings. The minimum absolute atomic E-state index is 0.0716. The van der Waals surface area contributed by atoms with Crippen LogP contribution in [0.25, 0.3) is 0 Å². The Hall–Kier alpha value is -0.610. The minimum atomic E-state index is -0.556. The van der Waals surface area contributed by atoms with E-state index in [2.05, 4.69) is 0 Å². The maximum atomic E-state index is 10.8. The standard InChI is InChI=1S/C7H15NO3/c1-5(10-3)4-11-7(9)6(2)8/h5-6H,4,8H2,1-3H3/t5-,6+/m0/s1.